The van der Waals surface area contributed by atoms with Crippen molar-refractivity contribution in [3.05, 3.63) is 62.8 Å². The predicted molar refractivity (Wildman–Crippen MR) is 113 cm³/mol. The van der Waals surface area contributed by atoms with Gasteiger partial charge in [0.2, 0.25) is 0 Å². The minimum atomic E-state index is -1.26. The maximum Gasteiger partial charge on any atom is 0.328 e. The van der Waals surface area contributed by atoms with Crippen molar-refractivity contribution >= 4 is 46.5 Å². The Balaban J connectivity index is 0.000000447. The maximum absolute atomic E-state index is 9.55. The summed E-state index contributed by atoms with van der Waals surface area (Å²) in [5, 5.41) is 30.7. The zero-order valence-electron chi connectivity index (χ0n) is 15.3. The Labute approximate surface area is 182 Å². The molecule has 0 saturated carbocycles. The zero-order chi connectivity index (χ0) is 21.6. The Morgan fingerprint density at radius 1 is 1.14 bits per heavy atom. The summed E-state index contributed by atoms with van der Waals surface area (Å²) in [4.78, 5) is 20.2. The largest absolute Gasteiger partial charge is 0.483 e. The van der Waals surface area contributed by atoms with E-state index in [1.807, 2.05) is 17.5 Å². The van der Waals surface area contributed by atoms with Crippen LogP contribution in [0.2, 0.25) is 10.0 Å². The molecule has 0 amide bonds. The summed E-state index contributed by atoms with van der Waals surface area (Å²) >= 11 is 13.8. The first-order chi connectivity index (χ1) is 13.8. The number of aliphatic carboxylic acids is 2. The van der Waals surface area contributed by atoms with E-state index in [0.29, 0.717) is 34.5 Å². The lowest BCUT2D eigenvalue weighted by atomic mass is 10.2. The average molecular weight is 462 g/mol. The first kappa shape index (κ1) is 24.9. The standard InChI is InChI=1S/C15H17Cl2NO2S.C4H4O4/c16-11-3-4-12(17)14(10-11)20-13(5-6-18-7-8-19)15-2-1-9-21-15;5-3(6)1-2-4(7)8/h1-4,9-10,13,18-19H,5-8H2;1-2H,(H,5,6)(H,7,8)/t13-;/m1./s1. The molecule has 158 valence electrons. The average Bonchev–Trinajstić information content (AvgIpc) is 3.20. The van der Waals surface area contributed by atoms with E-state index in [9.17, 15) is 9.59 Å². The number of aliphatic hydroxyl groups excluding tert-OH is 1. The minimum Gasteiger partial charge on any atom is -0.483 e. The molecule has 0 aliphatic rings. The van der Waals surface area contributed by atoms with Gasteiger partial charge in [-0.25, -0.2) is 9.59 Å². The SMILES string of the molecule is O=C(O)C=CC(=O)O.OCCNCC[C@@H](Oc1cc(Cl)ccc1Cl)c1cccs1. The summed E-state index contributed by atoms with van der Waals surface area (Å²) in [6, 6.07) is 9.23. The number of thiophene rings is 1. The minimum absolute atomic E-state index is 0.0906. The van der Waals surface area contributed by atoms with Crippen LogP contribution in [0.15, 0.2) is 47.9 Å². The van der Waals surface area contributed by atoms with Crippen LogP contribution >= 0.6 is 34.5 Å². The molecule has 0 unspecified atom stereocenters. The molecule has 2 rings (SSSR count). The Morgan fingerprint density at radius 3 is 2.38 bits per heavy atom. The molecule has 0 spiro atoms. The highest BCUT2D eigenvalue weighted by atomic mass is 35.5. The lowest BCUT2D eigenvalue weighted by Crippen LogP contribution is -2.22. The van der Waals surface area contributed by atoms with E-state index >= 15 is 0 Å². The molecular formula is C19H21Cl2NO6S. The maximum atomic E-state index is 9.55. The molecule has 0 fully saturated rings. The van der Waals surface area contributed by atoms with Gasteiger partial charge in [0, 0.05) is 41.1 Å². The number of carboxylic acid groups (broad SMARTS) is 2. The normalized spacial score (nSPS) is 11.6. The molecule has 0 bridgehead atoms. The summed E-state index contributed by atoms with van der Waals surface area (Å²) in [6.07, 6.45) is 1.81. The van der Waals surface area contributed by atoms with E-state index in [2.05, 4.69) is 5.32 Å². The second-order valence-electron chi connectivity index (χ2n) is 5.47. The molecule has 2 aromatic rings. The van der Waals surface area contributed by atoms with E-state index in [4.69, 9.17) is 43.3 Å². The van der Waals surface area contributed by atoms with Gasteiger partial charge in [-0.1, -0.05) is 29.3 Å². The van der Waals surface area contributed by atoms with Gasteiger partial charge in [-0.2, -0.15) is 0 Å². The molecule has 4 N–H and O–H groups in total. The second-order valence-corrected chi connectivity index (χ2v) is 7.29. The fraction of sp³-hybridized carbons (Fsp3) is 0.263. The van der Waals surface area contributed by atoms with Gasteiger partial charge < -0.3 is 25.4 Å². The highest BCUT2D eigenvalue weighted by molar-refractivity contribution is 7.10. The topological polar surface area (TPSA) is 116 Å². The van der Waals surface area contributed by atoms with Crippen molar-refractivity contribution < 1.29 is 29.6 Å². The third-order valence-corrected chi connectivity index (χ3v) is 4.78. The Kier molecular flexibility index (Phi) is 12.0. The van der Waals surface area contributed by atoms with Crippen LogP contribution in [0.5, 0.6) is 5.75 Å². The number of nitrogens with one attached hydrogen (secondary N) is 1. The van der Waals surface area contributed by atoms with Crippen LogP contribution in [0.25, 0.3) is 0 Å². The van der Waals surface area contributed by atoms with Crippen LogP contribution in [-0.4, -0.2) is 47.0 Å². The van der Waals surface area contributed by atoms with Gasteiger partial charge in [-0.3, -0.25) is 0 Å². The number of benzene rings is 1. The van der Waals surface area contributed by atoms with Crippen molar-refractivity contribution in [3.8, 4) is 5.75 Å². The van der Waals surface area contributed by atoms with Gasteiger partial charge in [0.25, 0.3) is 0 Å². The number of aliphatic hydroxyl groups is 1. The van der Waals surface area contributed by atoms with Crippen LogP contribution in [0, 0.1) is 0 Å². The van der Waals surface area contributed by atoms with Gasteiger partial charge in [0.1, 0.15) is 11.9 Å². The number of carboxylic acids is 2. The number of hydrogen-bond acceptors (Lipinski definition) is 6. The first-order valence-corrected chi connectivity index (χ1v) is 10.1. The lowest BCUT2D eigenvalue weighted by molar-refractivity contribution is -0.134. The van der Waals surface area contributed by atoms with Crippen molar-refractivity contribution in [2.75, 3.05) is 19.7 Å². The second kappa shape index (κ2) is 14.0. The number of halogens is 2. The van der Waals surface area contributed by atoms with Crippen molar-refractivity contribution in [1.82, 2.24) is 5.32 Å². The van der Waals surface area contributed by atoms with Crippen LogP contribution < -0.4 is 10.1 Å². The monoisotopic (exact) mass is 461 g/mol. The van der Waals surface area contributed by atoms with Crippen molar-refractivity contribution in [2.45, 2.75) is 12.5 Å². The van der Waals surface area contributed by atoms with E-state index in [1.165, 1.54) is 0 Å². The molecule has 1 aromatic heterocycles. The number of ether oxygens (including phenoxy) is 1. The molecule has 1 atom stereocenters. The van der Waals surface area contributed by atoms with Crippen LogP contribution in [0.4, 0.5) is 0 Å². The van der Waals surface area contributed by atoms with Gasteiger partial charge in [-0.15, -0.1) is 11.3 Å². The molecule has 29 heavy (non-hydrogen) atoms. The molecule has 0 aliphatic carbocycles. The van der Waals surface area contributed by atoms with Crippen molar-refractivity contribution in [3.63, 3.8) is 0 Å². The van der Waals surface area contributed by atoms with Gasteiger partial charge >= 0.3 is 11.9 Å². The molecular weight excluding hydrogens is 441 g/mol. The van der Waals surface area contributed by atoms with Crippen molar-refractivity contribution in [1.29, 1.82) is 0 Å². The summed E-state index contributed by atoms with van der Waals surface area (Å²) in [6.45, 7) is 1.46. The summed E-state index contributed by atoms with van der Waals surface area (Å²) < 4.78 is 6.04. The third-order valence-electron chi connectivity index (χ3n) is 3.26. The van der Waals surface area contributed by atoms with E-state index in [1.54, 1.807) is 29.5 Å². The molecule has 0 aliphatic heterocycles. The number of hydrogen-bond donors (Lipinski definition) is 4. The van der Waals surface area contributed by atoms with Gasteiger partial charge in [0.15, 0.2) is 0 Å². The van der Waals surface area contributed by atoms with Crippen LogP contribution in [0.3, 0.4) is 0 Å². The molecule has 7 nitrogen and oxygen atoms in total. The summed E-state index contributed by atoms with van der Waals surface area (Å²) in [5.41, 5.74) is 0. The highest BCUT2D eigenvalue weighted by Gasteiger charge is 2.16. The highest BCUT2D eigenvalue weighted by Crippen LogP contribution is 2.34. The fourth-order valence-electron chi connectivity index (χ4n) is 2.03. The lowest BCUT2D eigenvalue weighted by Gasteiger charge is -2.19. The van der Waals surface area contributed by atoms with Gasteiger partial charge in [0.05, 0.1) is 11.6 Å². The van der Waals surface area contributed by atoms with Gasteiger partial charge in [-0.05, 0) is 30.1 Å². The first-order valence-electron chi connectivity index (χ1n) is 8.44. The van der Waals surface area contributed by atoms with Crippen molar-refractivity contribution in [2.24, 2.45) is 0 Å². The summed E-state index contributed by atoms with van der Waals surface area (Å²) in [7, 11) is 0. The van der Waals surface area contributed by atoms with E-state index in [0.717, 1.165) is 17.8 Å². The van der Waals surface area contributed by atoms with Crippen LogP contribution in [0.1, 0.15) is 17.4 Å². The number of rotatable bonds is 10. The quantitative estimate of drug-likeness (QED) is 0.313. The molecule has 1 aromatic carbocycles. The molecule has 0 radical (unpaired) electrons. The van der Waals surface area contributed by atoms with Crippen LogP contribution in [-0.2, 0) is 9.59 Å². The predicted octanol–water partition coefficient (Wildman–Crippen LogP) is 3.86. The zero-order valence-corrected chi connectivity index (χ0v) is 17.6. The Bertz CT molecular complexity index is 782. The summed E-state index contributed by atoms with van der Waals surface area (Å²) in [5.74, 6) is -1.93. The fourth-order valence-corrected chi connectivity index (χ4v) is 3.15. The number of carbonyl (C=O) groups is 2. The molecule has 10 heteroatoms. The Morgan fingerprint density at radius 2 is 1.83 bits per heavy atom. The van der Waals surface area contributed by atoms with E-state index in [-0.39, 0.29) is 12.7 Å². The third kappa shape index (κ3) is 10.9. The van der Waals surface area contributed by atoms with E-state index < -0.39 is 11.9 Å². The smallest absolute Gasteiger partial charge is 0.328 e. The molecule has 1 heterocycles. The Hall–Kier alpha value is -2.10. The molecule has 0 saturated heterocycles.